The van der Waals surface area contributed by atoms with Gasteiger partial charge in [0.25, 0.3) is 0 Å². The minimum Gasteiger partial charge on any atom is -0.192 e. The minimum absolute atomic E-state index is 0.696. The number of hydrogen-bond donors (Lipinski definition) is 0. The van der Waals surface area contributed by atoms with Gasteiger partial charge in [0.15, 0.2) is 0 Å². The van der Waals surface area contributed by atoms with Crippen molar-refractivity contribution in [1.29, 1.82) is 5.26 Å². The van der Waals surface area contributed by atoms with Crippen molar-refractivity contribution in [3.63, 3.8) is 0 Å². The maximum absolute atomic E-state index is 8.92. The molecule has 2 rings (SSSR count). The molecule has 0 radical (unpaired) electrons. The van der Waals surface area contributed by atoms with Crippen LogP contribution in [-0.4, -0.2) is 0 Å². The molecule has 0 N–H and O–H groups in total. The van der Waals surface area contributed by atoms with Crippen molar-refractivity contribution < 1.29 is 0 Å². The summed E-state index contributed by atoms with van der Waals surface area (Å²) in [6, 6.07) is 18.2. The first-order valence-electron chi connectivity index (χ1n) is 5.54. The SMILES string of the molecule is C=CCc1cc(C#N)ccc1-c1ccccc1. The second-order valence-electron chi connectivity index (χ2n) is 3.84. The van der Waals surface area contributed by atoms with Crippen LogP contribution in [-0.2, 0) is 6.42 Å². The number of nitrogens with zero attached hydrogens (tertiary/aromatic N) is 1. The Bertz CT molecular complexity index is 562. The van der Waals surface area contributed by atoms with Crippen LogP contribution in [0.5, 0.6) is 0 Å². The molecule has 0 fully saturated rings. The monoisotopic (exact) mass is 219 g/mol. The molecule has 1 heteroatoms. The van der Waals surface area contributed by atoms with Crippen LogP contribution in [0.15, 0.2) is 61.2 Å². The summed E-state index contributed by atoms with van der Waals surface area (Å²) >= 11 is 0. The molecule has 2 aromatic carbocycles. The molecule has 0 spiro atoms. The Morgan fingerprint density at radius 1 is 1.12 bits per heavy atom. The lowest BCUT2D eigenvalue weighted by Gasteiger charge is -2.08. The normalized spacial score (nSPS) is 9.59. The van der Waals surface area contributed by atoms with Gasteiger partial charge in [0.05, 0.1) is 11.6 Å². The summed E-state index contributed by atoms with van der Waals surface area (Å²) in [7, 11) is 0. The molecule has 0 saturated carbocycles. The molecular formula is C16H13N. The van der Waals surface area contributed by atoms with Crippen molar-refractivity contribution in [1.82, 2.24) is 0 Å². The highest BCUT2D eigenvalue weighted by atomic mass is 14.2. The molecule has 0 heterocycles. The van der Waals surface area contributed by atoms with Crippen LogP contribution in [0.25, 0.3) is 11.1 Å². The van der Waals surface area contributed by atoms with Crippen LogP contribution in [0.2, 0.25) is 0 Å². The van der Waals surface area contributed by atoms with E-state index in [4.69, 9.17) is 5.26 Å². The van der Waals surface area contributed by atoms with Gasteiger partial charge in [0, 0.05) is 0 Å². The van der Waals surface area contributed by atoms with Crippen molar-refractivity contribution in [2.45, 2.75) is 6.42 Å². The van der Waals surface area contributed by atoms with E-state index in [-0.39, 0.29) is 0 Å². The molecule has 0 bridgehead atoms. The molecule has 0 saturated heterocycles. The Balaban J connectivity index is 2.54. The summed E-state index contributed by atoms with van der Waals surface area (Å²) in [4.78, 5) is 0. The summed E-state index contributed by atoms with van der Waals surface area (Å²) in [6.45, 7) is 3.76. The molecule has 82 valence electrons. The zero-order valence-corrected chi connectivity index (χ0v) is 9.56. The van der Waals surface area contributed by atoms with Gasteiger partial charge in [-0.05, 0) is 35.2 Å². The van der Waals surface area contributed by atoms with Gasteiger partial charge in [0.1, 0.15) is 0 Å². The van der Waals surface area contributed by atoms with Gasteiger partial charge < -0.3 is 0 Å². The first kappa shape index (κ1) is 11.2. The van der Waals surface area contributed by atoms with E-state index >= 15 is 0 Å². The highest BCUT2D eigenvalue weighted by Gasteiger charge is 2.04. The van der Waals surface area contributed by atoms with Crippen molar-refractivity contribution in [2.75, 3.05) is 0 Å². The second kappa shape index (κ2) is 5.14. The lowest BCUT2D eigenvalue weighted by atomic mass is 9.96. The number of benzene rings is 2. The van der Waals surface area contributed by atoms with Crippen molar-refractivity contribution in [3.8, 4) is 17.2 Å². The zero-order chi connectivity index (χ0) is 12.1. The van der Waals surface area contributed by atoms with E-state index < -0.39 is 0 Å². The van der Waals surface area contributed by atoms with E-state index in [0.29, 0.717) is 5.56 Å². The molecule has 0 aliphatic heterocycles. The predicted octanol–water partition coefficient (Wildman–Crippen LogP) is 3.95. The molecule has 0 aromatic heterocycles. The predicted molar refractivity (Wildman–Crippen MR) is 70.5 cm³/mol. The van der Waals surface area contributed by atoms with E-state index in [1.54, 1.807) is 0 Å². The van der Waals surface area contributed by atoms with Crippen molar-refractivity contribution in [2.24, 2.45) is 0 Å². The summed E-state index contributed by atoms with van der Waals surface area (Å²) in [6.07, 6.45) is 2.64. The number of allylic oxidation sites excluding steroid dienone is 1. The van der Waals surface area contributed by atoms with Crippen LogP contribution >= 0.6 is 0 Å². The third kappa shape index (κ3) is 2.43. The van der Waals surface area contributed by atoms with Crippen molar-refractivity contribution >= 4 is 0 Å². The van der Waals surface area contributed by atoms with Crippen LogP contribution in [0.4, 0.5) is 0 Å². The first-order chi connectivity index (χ1) is 8.35. The van der Waals surface area contributed by atoms with Gasteiger partial charge in [-0.2, -0.15) is 5.26 Å². The Hall–Kier alpha value is -2.33. The van der Waals surface area contributed by atoms with Gasteiger partial charge >= 0.3 is 0 Å². The molecule has 0 aliphatic rings. The molecule has 17 heavy (non-hydrogen) atoms. The Kier molecular flexibility index (Phi) is 3.37. The highest BCUT2D eigenvalue weighted by molar-refractivity contribution is 5.68. The van der Waals surface area contributed by atoms with E-state index in [1.165, 1.54) is 11.1 Å². The van der Waals surface area contributed by atoms with E-state index in [2.05, 4.69) is 24.8 Å². The van der Waals surface area contributed by atoms with Gasteiger partial charge in [0.2, 0.25) is 0 Å². The Labute approximate surface area is 102 Å². The van der Waals surface area contributed by atoms with Gasteiger partial charge in [-0.25, -0.2) is 0 Å². The van der Waals surface area contributed by atoms with Crippen LogP contribution < -0.4 is 0 Å². The van der Waals surface area contributed by atoms with E-state index in [1.807, 2.05) is 42.5 Å². The standard InChI is InChI=1S/C16H13N/c1-2-6-15-11-13(12-17)9-10-16(15)14-7-4-3-5-8-14/h2-5,7-11H,1,6H2. The van der Waals surface area contributed by atoms with E-state index in [9.17, 15) is 0 Å². The molecule has 0 amide bonds. The number of rotatable bonds is 3. The lowest BCUT2D eigenvalue weighted by molar-refractivity contribution is 1.27. The molecule has 0 aliphatic carbocycles. The third-order valence-electron chi connectivity index (χ3n) is 2.68. The third-order valence-corrected chi connectivity index (χ3v) is 2.68. The van der Waals surface area contributed by atoms with Gasteiger partial charge in [-0.1, -0.05) is 42.5 Å². The summed E-state index contributed by atoms with van der Waals surface area (Å²) in [5.41, 5.74) is 4.19. The maximum Gasteiger partial charge on any atom is 0.0991 e. The fourth-order valence-electron chi connectivity index (χ4n) is 1.89. The quantitative estimate of drug-likeness (QED) is 0.717. The lowest BCUT2D eigenvalue weighted by Crippen LogP contribution is -1.89. The summed E-state index contributed by atoms with van der Waals surface area (Å²) < 4.78 is 0. The summed E-state index contributed by atoms with van der Waals surface area (Å²) in [5, 5.41) is 8.92. The smallest absolute Gasteiger partial charge is 0.0991 e. The first-order valence-corrected chi connectivity index (χ1v) is 5.54. The van der Waals surface area contributed by atoms with Crippen LogP contribution in [0.1, 0.15) is 11.1 Å². The summed E-state index contributed by atoms with van der Waals surface area (Å²) in [5.74, 6) is 0. The van der Waals surface area contributed by atoms with E-state index in [0.717, 1.165) is 12.0 Å². The maximum atomic E-state index is 8.92. The highest BCUT2D eigenvalue weighted by Crippen LogP contribution is 2.25. The minimum atomic E-state index is 0.696. The average molecular weight is 219 g/mol. The Morgan fingerprint density at radius 2 is 1.88 bits per heavy atom. The zero-order valence-electron chi connectivity index (χ0n) is 9.56. The molecular weight excluding hydrogens is 206 g/mol. The number of hydrogen-bond acceptors (Lipinski definition) is 1. The number of nitriles is 1. The second-order valence-corrected chi connectivity index (χ2v) is 3.84. The molecule has 0 atom stereocenters. The average Bonchev–Trinajstić information content (AvgIpc) is 2.40. The van der Waals surface area contributed by atoms with Crippen molar-refractivity contribution in [3.05, 3.63) is 72.3 Å². The fourth-order valence-corrected chi connectivity index (χ4v) is 1.89. The van der Waals surface area contributed by atoms with Crippen LogP contribution in [0.3, 0.4) is 0 Å². The fraction of sp³-hybridized carbons (Fsp3) is 0.0625. The molecule has 2 aromatic rings. The van der Waals surface area contributed by atoms with Crippen LogP contribution in [0, 0.1) is 11.3 Å². The molecule has 1 nitrogen and oxygen atoms in total. The van der Waals surface area contributed by atoms with Gasteiger partial charge in [-0.3, -0.25) is 0 Å². The topological polar surface area (TPSA) is 23.8 Å². The molecule has 0 unspecified atom stereocenters. The largest absolute Gasteiger partial charge is 0.192 e. The Morgan fingerprint density at radius 3 is 2.53 bits per heavy atom. The van der Waals surface area contributed by atoms with Gasteiger partial charge in [-0.15, -0.1) is 6.58 Å².